The highest BCUT2D eigenvalue weighted by atomic mass is 32.2. The molecular weight excluding hydrogens is 404 g/mol. The van der Waals surface area contributed by atoms with Gasteiger partial charge in [-0.2, -0.15) is 0 Å². The SMILES string of the molecule is Cc1cc(B(O)O)cc(S(=O)(=O)c2cc(B(O)O)cc(C(=O)NCC(=O)O)c2)c1. The number of carboxylic acids is 1. The summed E-state index contributed by atoms with van der Waals surface area (Å²) in [5, 5.41) is 48.3. The van der Waals surface area contributed by atoms with Gasteiger partial charge in [0, 0.05) is 5.56 Å². The van der Waals surface area contributed by atoms with Crippen molar-refractivity contribution in [3.05, 3.63) is 47.5 Å². The van der Waals surface area contributed by atoms with Crippen molar-refractivity contribution in [2.75, 3.05) is 6.54 Å². The standard InChI is InChI=1S/C16H17B2NO9S/c1-9-2-11(17(23)24)6-13(3-9)29(27,28)14-5-10(4-12(7-14)18(25)26)16(22)19-8-15(20)21/h2-7,23-26H,8H2,1H3,(H,19,22)(H,20,21). The lowest BCUT2D eigenvalue weighted by molar-refractivity contribution is -0.135. The first-order chi connectivity index (χ1) is 13.4. The zero-order chi connectivity index (χ0) is 21.9. The molecule has 152 valence electrons. The Morgan fingerprint density at radius 3 is 1.93 bits per heavy atom. The van der Waals surface area contributed by atoms with Crippen molar-refractivity contribution in [1.82, 2.24) is 5.32 Å². The number of aliphatic carboxylic acids is 1. The zero-order valence-electron chi connectivity index (χ0n) is 15.1. The van der Waals surface area contributed by atoms with Crippen LogP contribution in [0, 0.1) is 6.92 Å². The van der Waals surface area contributed by atoms with E-state index in [1.807, 2.05) is 0 Å². The number of hydrogen-bond acceptors (Lipinski definition) is 8. The number of nitrogens with one attached hydrogen (secondary N) is 1. The van der Waals surface area contributed by atoms with Crippen LogP contribution in [0.5, 0.6) is 0 Å². The summed E-state index contributed by atoms with van der Waals surface area (Å²) in [6, 6.07) is 6.61. The van der Waals surface area contributed by atoms with Gasteiger partial charge in [-0.25, -0.2) is 8.42 Å². The number of carbonyl (C=O) groups excluding carboxylic acids is 1. The van der Waals surface area contributed by atoms with Crippen LogP contribution in [0.4, 0.5) is 0 Å². The Hall–Kier alpha value is -2.70. The van der Waals surface area contributed by atoms with E-state index in [-0.39, 0.29) is 21.4 Å². The quantitative estimate of drug-likeness (QED) is 0.254. The van der Waals surface area contributed by atoms with E-state index >= 15 is 0 Å². The number of amides is 1. The predicted octanol–water partition coefficient (Wildman–Crippen LogP) is -3.00. The van der Waals surface area contributed by atoms with Gasteiger partial charge in [0.15, 0.2) is 0 Å². The van der Waals surface area contributed by atoms with Crippen LogP contribution in [-0.4, -0.2) is 66.3 Å². The van der Waals surface area contributed by atoms with Gasteiger partial charge in [0.25, 0.3) is 5.91 Å². The molecule has 29 heavy (non-hydrogen) atoms. The van der Waals surface area contributed by atoms with Gasteiger partial charge in [-0.15, -0.1) is 0 Å². The largest absolute Gasteiger partial charge is 0.488 e. The van der Waals surface area contributed by atoms with Crippen molar-refractivity contribution in [3.8, 4) is 0 Å². The number of aryl methyl sites for hydroxylation is 1. The molecule has 0 radical (unpaired) electrons. The molecule has 1 amide bonds. The van der Waals surface area contributed by atoms with E-state index in [9.17, 15) is 38.1 Å². The summed E-state index contributed by atoms with van der Waals surface area (Å²) < 4.78 is 26.0. The summed E-state index contributed by atoms with van der Waals surface area (Å²) in [4.78, 5) is 22.0. The topological polar surface area (TPSA) is 181 Å². The first-order valence-electron chi connectivity index (χ1n) is 8.15. The number of carbonyl (C=O) groups is 2. The Bertz CT molecular complexity index is 1050. The molecule has 0 heterocycles. The van der Waals surface area contributed by atoms with E-state index in [2.05, 4.69) is 5.32 Å². The predicted molar refractivity (Wildman–Crippen MR) is 103 cm³/mol. The third kappa shape index (κ3) is 5.43. The maximum absolute atomic E-state index is 13.0. The summed E-state index contributed by atoms with van der Waals surface area (Å²) in [6.07, 6.45) is 0. The van der Waals surface area contributed by atoms with Crippen molar-refractivity contribution >= 4 is 46.9 Å². The maximum atomic E-state index is 13.0. The summed E-state index contributed by atoms with van der Waals surface area (Å²) in [5.41, 5.74) is -0.250. The van der Waals surface area contributed by atoms with Gasteiger partial charge in [0.2, 0.25) is 9.84 Å². The monoisotopic (exact) mass is 421 g/mol. The molecule has 2 aromatic rings. The normalized spacial score (nSPS) is 11.1. The minimum Gasteiger partial charge on any atom is -0.480 e. The van der Waals surface area contributed by atoms with Gasteiger partial charge in [0.1, 0.15) is 6.54 Å². The van der Waals surface area contributed by atoms with Gasteiger partial charge in [-0.05, 0) is 48.2 Å². The Labute approximate surface area is 166 Å². The molecule has 0 saturated heterocycles. The van der Waals surface area contributed by atoms with Crippen molar-refractivity contribution in [2.45, 2.75) is 16.7 Å². The molecule has 6 N–H and O–H groups in total. The van der Waals surface area contributed by atoms with Crippen LogP contribution in [0.1, 0.15) is 15.9 Å². The highest BCUT2D eigenvalue weighted by Gasteiger charge is 2.25. The average Bonchev–Trinajstić information content (AvgIpc) is 2.64. The maximum Gasteiger partial charge on any atom is 0.488 e. The van der Waals surface area contributed by atoms with Gasteiger partial charge in [0.05, 0.1) is 9.79 Å². The summed E-state index contributed by atoms with van der Waals surface area (Å²) in [6.45, 7) is 0.825. The van der Waals surface area contributed by atoms with Gasteiger partial charge >= 0.3 is 20.2 Å². The second kappa shape index (κ2) is 8.76. The van der Waals surface area contributed by atoms with Gasteiger partial charge in [-0.1, -0.05) is 11.6 Å². The molecule has 13 heteroatoms. The van der Waals surface area contributed by atoms with Crippen molar-refractivity contribution in [3.63, 3.8) is 0 Å². The van der Waals surface area contributed by atoms with E-state index in [4.69, 9.17) is 5.11 Å². The lowest BCUT2D eigenvalue weighted by atomic mass is 9.79. The van der Waals surface area contributed by atoms with Crippen molar-refractivity contribution in [2.24, 2.45) is 0 Å². The van der Waals surface area contributed by atoms with Crippen LogP contribution < -0.4 is 16.2 Å². The molecule has 0 aliphatic rings. The van der Waals surface area contributed by atoms with Gasteiger partial charge < -0.3 is 30.5 Å². The zero-order valence-corrected chi connectivity index (χ0v) is 15.9. The first-order valence-corrected chi connectivity index (χ1v) is 9.64. The molecule has 0 saturated carbocycles. The van der Waals surface area contributed by atoms with Crippen LogP contribution >= 0.6 is 0 Å². The van der Waals surface area contributed by atoms with Gasteiger partial charge in [-0.3, -0.25) is 9.59 Å². The fraction of sp³-hybridized carbons (Fsp3) is 0.125. The Kier molecular flexibility index (Phi) is 6.82. The number of sulfone groups is 1. The fourth-order valence-electron chi connectivity index (χ4n) is 2.53. The Morgan fingerprint density at radius 1 is 0.897 bits per heavy atom. The molecule has 0 aromatic heterocycles. The number of hydrogen-bond donors (Lipinski definition) is 6. The van der Waals surface area contributed by atoms with Crippen LogP contribution in [-0.2, 0) is 14.6 Å². The minimum atomic E-state index is -4.30. The van der Waals surface area contributed by atoms with Crippen LogP contribution in [0.25, 0.3) is 0 Å². The smallest absolute Gasteiger partial charge is 0.480 e. The molecule has 0 spiro atoms. The van der Waals surface area contributed by atoms with Crippen LogP contribution in [0.3, 0.4) is 0 Å². The van der Waals surface area contributed by atoms with Crippen LogP contribution in [0.15, 0.2) is 46.2 Å². The Balaban J connectivity index is 2.60. The molecule has 0 unspecified atom stereocenters. The second-order valence-corrected chi connectivity index (χ2v) is 8.15. The van der Waals surface area contributed by atoms with E-state index < -0.39 is 47.4 Å². The molecule has 0 fully saturated rings. The fourth-order valence-corrected chi connectivity index (χ4v) is 4.01. The highest BCUT2D eigenvalue weighted by Crippen LogP contribution is 2.22. The molecule has 0 atom stereocenters. The second-order valence-electron chi connectivity index (χ2n) is 6.20. The molecule has 2 rings (SSSR count). The third-order valence-corrected chi connectivity index (χ3v) is 5.59. The minimum absolute atomic E-state index is 0.0682. The molecule has 10 nitrogen and oxygen atoms in total. The third-order valence-electron chi connectivity index (χ3n) is 3.88. The summed E-state index contributed by atoms with van der Waals surface area (Å²) >= 11 is 0. The lowest BCUT2D eigenvalue weighted by Crippen LogP contribution is -2.34. The average molecular weight is 421 g/mol. The highest BCUT2D eigenvalue weighted by molar-refractivity contribution is 7.91. The number of rotatable bonds is 7. The molecular formula is C16H17B2NO9S. The number of benzene rings is 2. The van der Waals surface area contributed by atoms with E-state index in [1.54, 1.807) is 6.92 Å². The molecule has 0 bridgehead atoms. The summed E-state index contributed by atoms with van der Waals surface area (Å²) in [5.74, 6) is -2.25. The summed E-state index contributed by atoms with van der Waals surface area (Å²) in [7, 11) is -8.31. The van der Waals surface area contributed by atoms with E-state index in [0.29, 0.717) is 5.56 Å². The van der Waals surface area contributed by atoms with Crippen molar-refractivity contribution < 1.29 is 43.2 Å². The molecule has 0 aliphatic carbocycles. The Morgan fingerprint density at radius 2 is 1.41 bits per heavy atom. The number of carboxylic acid groups (broad SMARTS) is 1. The van der Waals surface area contributed by atoms with Crippen LogP contribution in [0.2, 0.25) is 0 Å². The van der Waals surface area contributed by atoms with Crippen molar-refractivity contribution in [1.29, 1.82) is 0 Å². The molecule has 2 aromatic carbocycles. The molecule has 0 aliphatic heterocycles. The lowest BCUT2D eigenvalue weighted by Gasteiger charge is -2.12. The van der Waals surface area contributed by atoms with E-state index in [1.165, 1.54) is 12.1 Å². The van der Waals surface area contributed by atoms with E-state index in [0.717, 1.165) is 24.3 Å². The first kappa shape index (κ1) is 22.6.